The smallest absolute Gasteiger partial charge is 0.242 e. The minimum absolute atomic E-state index is 0.0553. The summed E-state index contributed by atoms with van der Waals surface area (Å²) in [6.45, 7) is 6.58. The topological polar surface area (TPSA) is 77.1 Å². The quantitative estimate of drug-likeness (QED) is 0.770. The number of hydrogen-bond donors (Lipinski definition) is 2. The Morgan fingerprint density at radius 1 is 1.30 bits per heavy atom. The summed E-state index contributed by atoms with van der Waals surface area (Å²) < 4.78 is 29.0. The second-order valence-corrected chi connectivity index (χ2v) is 7.54. The van der Waals surface area contributed by atoms with E-state index in [1.54, 1.807) is 23.9 Å². The van der Waals surface area contributed by atoms with Crippen LogP contribution in [0.4, 0.5) is 0 Å². The van der Waals surface area contributed by atoms with Crippen molar-refractivity contribution in [3.8, 4) is 0 Å². The Morgan fingerprint density at radius 3 is 2.45 bits per heavy atom. The van der Waals surface area contributed by atoms with Crippen LogP contribution in [-0.2, 0) is 23.6 Å². The highest BCUT2D eigenvalue weighted by Crippen LogP contribution is 2.15. The molecule has 0 bridgehead atoms. The summed E-state index contributed by atoms with van der Waals surface area (Å²) in [6.07, 6.45) is 4.61. The number of rotatable bonds is 8. The van der Waals surface area contributed by atoms with Crippen LogP contribution in [-0.4, -0.2) is 19.0 Å². The van der Waals surface area contributed by atoms with Crippen LogP contribution in [0.2, 0.25) is 0 Å². The van der Waals surface area contributed by atoms with E-state index in [4.69, 9.17) is 5.73 Å². The summed E-state index contributed by atoms with van der Waals surface area (Å²) >= 11 is 0. The van der Waals surface area contributed by atoms with Crippen LogP contribution in [0.3, 0.4) is 0 Å². The zero-order valence-corrected chi connectivity index (χ0v) is 13.7. The zero-order chi connectivity index (χ0) is 15.3. The summed E-state index contributed by atoms with van der Waals surface area (Å²) in [7, 11) is -1.65. The fourth-order valence-corrected chi connectivity index (χ4v) is 3.52. The Hall–Kier alpha value is -0.850. The molecule has 0 aliphatic rings. The average Bonchev–Trinajstić information content (AvgIpc) is 2.70. The first-order valence-electron chi connectivity index (χ1n) is 7.14. The van der Waals surface area contributed by atoms with E-state index in [2.05, 4.69) is 18.6 Å². The van der Waals surface area contributed by atoms with Gasteiger partial charge in [0.1, 0.15) is 0 Å². The van der Waals surface area contributed by atoms with Crippen LogP contribution in [0.1, 0.15) is 45.7 Å². The summed E-state index contributed by atoms with van der Waals surface area (Å²) in [5.41, 5.74) is 6.37. The van der Waals surface area contributed by atoms with E-state index in [1.807, 2.05) is 6.92 Å². The molecule has 0 saturated carbocycles. The second-order valence-electron chi connectivity index (χ2n) is 5.83. The molecular formula is C14H27N3O2S. The molecule has 0 fully saturated rings. The lowest BCUT2D eigenvalue weighted by Gasteiger charge is -2.14. The molecule has 1 atom stereocenters. The molecule has 0 saturated heterocycles. The van der Waals surface area contributed by atoms with Crippen LogP contribution >= 0.6 is 0 Å². The molecule has 1 aromatic rings. The lowest BCUT2D eigenvalue weighted by molar-refractivity contribution is 0.488. The molecule has 116 valence electrons. The van der Waals surface area contributed by atoms with Gasteiger partial charge in [-0.2, -0.15) is 0 Å². The Balaban J connectivity index is 2.64. The summed E-state index contributed by atoms with van der Waals surface area (Å²) in [6, 6.07) is 1.57. The lowest BCUT2D eigenvalue weighted by Crippen LogP contribution is -2.32. The van der Waals surface area contributed by atoms with Crippen molar-refractivity contribution in [3.63, 3.8) is 0 Å². The third-order valence-corrected chi connectivity index (χ3v) is 4.93. The van der Waals surface area contributed by atoms with E-state index in [-0.39, 0.29) is 10.9 Å². The SMILES string of the molecule is CC(C)CCCC(C)NS(=O)(=O)c1cc(CN)n(C)c1. The fourth-order valence-electron chi connectivity index (χ4n) is 2.15. The molecule has 20 heavy (non-hydrogen) atoms. The maximum atomic E-state index is 12.3. The molecule has 0 amide bonds. The third kappa shape index (κ3) is 4.92. The van der Waals surface area contributed by atoms with Gasteiger partial charge in [-0.1, -0.05) is 26.7 Å². The summed E-state index contributed by atoms with van der Waals surface area (Å²) in [4.78, 5) is 0.288. The normalized spacial score (nSPS) is 13.9. The molecule has 1 aromatic heterocycles. The van der Waals surface area contributed by atoms with Gasteiger partial charge in [0.25, 0.3) is 0 Å². The number of hydrogen-bond acceptors (Lipinski definition) is 3. The Morgan fingerprint density at radius 2 is 1.95 bits per heavy atom. The number of aryl methyl sites for hydroxylation is 1. The zero-order valence-electron chi connectivity index (χ0n) is 12.9. The van der Waals surface area contributed by atoms with Gasteiger partial charge in [0.2, 0.25) is 10.0 Å². The van der Waals surface area contributed by atoms with Crippen molar-refractivity contribution in [2.45, 2.75) is 57.5 Å². The van der Waals surface area contributed by atoms with Crippen molar-refractivity contribution in [2.75, 3.05) is 0 Å². The van der Waals surface area contributed by atoms with Gasteiger partial charge in [-0.25, -0.2) is 13.1 Å². The van der Waals surface area contributed by atoms with Gasteiger partial charge in [-0.05, 0) is 25.3 Å². The van der Waals surface area contributed by atoms with Gasteiger partial charge in [-0.15, -0.1) is 0 Å². The molecule has 0 aliphatic carbocycles. The highest BCUT2D eigenvalue weighted by atomic mass is 32.2. The molecule has 1 unspecified atom stereocenters. The van der Waals surface area contributed by atoms with Crippen LogP contribution in [0.5, 0.6) is 0 Å². The van der Waals surface area contributed by atoms with E-state index in [1.165, 1.54) is 0 Å². The van der Waals surface area contributed by atoms with E-state index in [0.29, 0.717) is 12.5 Å². The van der Waals surface area contributed by atoms with Crippen molar-refractivity contribution in [1.29, 1.82) is 0 Å². The third-order valence-electron chi connectivity index (χ3n) is 3.38. The Bertz CT molecular complexity index is 521. The predicted octanol–water partition coefficient (Wildman–Crippen LogP) is 1.98. The van der Waals surface area contributed by atoms with Gasteiger partial charge >= 0.3 is 0 Å². The fraction of sp³-hybridized carbons (Fsp3) is 0.714. The van der Waals surface area contributed by atoms with E-state index >= 15 is 0 Å². The Labute approximate surface area is 122 Å². The molecule has 0 radical (unpaired) electrons. The van der Waals surface area contributed by atoms with Gasteiger partial charge in [0.15, 0.2) is 0 Å². The minimum atomic E-state index is -3.45. The first kappa shape index (κ1) is 17.2. The van der Waals surface area contributed by atoms with Crippen LogP contribution < -0.4 is 10.5 Å². The molecule has 5 nitrogen and oxygen atoms in total. The molecule has 1 heterocycles. The maximum Gasteiger partial charge on any atom is 0.242 e. The minimum Gasteiger partial charge on any atom is -0.352 e. The molecule has 6 heteroatoms. The van der Waals surface area contributed by atoms with Gasteiger partial charge in [0, 0.05) is 31.5 Å². The molecule has 1 rings (SSSR count). The van der Waals surface area contributed by atoms with Crippen molar-refractivity contribution < 1.29 is 8.42 Å². The number of nitrogens with one attached hydrogen (secondary N) is 1. The predicted molar refractivity (Wildman–Crippen MR) is 81.8 cm³/mol. The van der Waals surface area contributed by atoms with Crippen LogP contribution in [0, 0.1) is 5.92 Å². The monoisotopic (exact) mass is 301 g/mol. The molecule has 3 N–H and O–H groups in total. The number of sulfonamides is 1. The first-order chi connectivity index (χ1) is 9.26. The summed E-state index contributed by atoms with van der Waals surface area (Å²) in [5, 5.41) is 0. The van der Waals surface area contributed by atoms with E-state index < -0.39 is 10.0 Å². The highest BCUT2D eigenvalue weighted by molar-refractivity contribution is 7.89. The van der Waals surface area contributed by atoms with Crippen LogP contribution in [0.15, 0.2) is 17.2 Å². The second kappa shape index (κ2) is 7.24. The maximum absolute atomic E-state index is 12.3. The lowest BCUT2D eigenvalue weighted by atomic mass is 10.0. The van der Waals surface area contributed by atoms with Gasteiger partial charge in [-0.3, -0.25) is 0 Å². The summed E-state index contributed by atoms with van der Waals surface area (Å²) in [5.74, 6) is 0.653. The number of aromatic nitrogens is 1. The molecule has 0 aliphatic heterocycles. The number of nitrogens with two attached hydrogens (primary N) is 1. The number of nitrogens with zero attached hydrogens (tertiary/aromatic N) is 1. The molecular weight excluding hydrogens is 274 g/mol. The van der Waals surface area contributed by atoms with Gasteiger partial charge < -0.3 is 10.3 Å². The Kier molecular flexibility index (Phi) is 6.23. The molecule has 0 spiro atoms. The van der Waals surface area contributed by atoms with E-state index in [0.717, 1.165) is 25.0 Å². The average molecular weight is 301 g/mol. The van der Waals surface area contributed by atoms with Crippen molar-refractivity contribution in [3.05, 3.63) is 18.0 Å². The largest absolute Gasteiger partial charge is 0.352 e. The van der Waals surface area contributed by atoms with Crippen molar-refractivity contribution in [2.24, 2.45) is 18.7 Å². The van der Waals surface area contributed by atoms with Crippen molar-refractivity contribution >= 4 is 10.0 Å². The standard InChI is InChI=1S/C14H27N3O2S/c1-11(2)6-5-7-12(3)16-20(18,19)14-8-13(9-15)17(4)10-14/h8,10-12,16H,5-7,9,15H2,1-4H3. The molecule has 0 aromatic carbocycles. The van der Waals surface area contributed by atoms with Crippen molar-refractivity contribution in [1.82, 2.24) is 9.29 Å². The highest BCUT2D eigenvalue weighted by Gasteiger charge is 2.19. The first-order valence-corrected chi connectivity index (χ1v) is 8.62. The van der Waals surface area contributed by atoms with Crippen LogP contribution in [0.25, 0.3) is 0 Å². The van der Waals surface area contributed by atoms with E-state index in [9.17, 15) is 8.42 Å². The van der Waals surface area contributed by atoms with Gasteiger partial charge in [0.05, 0.1) is 4.90 Å².